The summed E-state index contributed by atoms with van der Waals surface area (Å²) in [5.74, 6) is -0.944. The summed E-state index contributed by atoms with van der Waals surface area (Å²) in [6, 6.07) is 18.6. The first-order valence-electron chi connectivity index (χ1n) is 10.2. The van der Waals surface area contributed by atoms with Crippen LogP contribution in [-0.2, 0) is 6.42 Å². The van der Waals surface area contributed by atoms with Crippen LogP contribution < -0.4 is 4.90 Å². The fourth-order valence-corrected chi connectivity index (χ4v) is 4.64. The molecular weight excluding hydrogens is 391 g/mol. The second-order valence-corrected chi connectivity index (χ2v) is 7.92. The SMILES string of the molecule is Cc1ccccc1-c1cccc2c1CCN2c1nc2ccc(F)cc2c(C(=O)O)c1C. The van der Waals surface area contributed by atoms with Gasteiger partial charge in [-0.1, -0.05) is 36.4 Å². The van der Waals surface area contributed by atoms with E-state index in [0.717, 1.165) is 12.1 Å². The van der Waals surface area contributed by atoms with Crippen molar-refractivity contribution in [1.82, 2.24) is 4.98 Å². The summed E-state index contributed by atoms with van der Waals surface area (Å²) in [7, 11) is 0. The zero-order chi connectivity index (χ0) is 21.7. The number of aryl methyl sites for hydroxylation is 1. The molecule has 0 bridgehead atoms. The fourth-order valence-electron chi connectivity index (χ4n) is 4.64. The number of halogens is 1. The van der Waals surface area contributed by atoms with E-state index in [9.17, 15) is 14.3 Å². The second kappa shape index (κ2) is 7.20. The number of carboxylic acids is 1. The predicted octanol–water partition coefficient (Wildman–Crippen LogP) is 6.05. The lowest BCUT2D eigenvalue weighted by molar-refractivity contribution is 0.0698. The molecule has 31 heavy (non-hydrogen) atoms. The molecule has 5 rings (SSSR count). The molecule has 0 unspecified atom stereocenters. The van der Waals surface area contributed by atoms with Gasteiger partial charge in [-0.15, -0.1) is 0 Å². The van der Waals surface area contributed by atoms with Gasteiger partial charge in [-0.3, -0.25) is 0 Å². The molecule has 1 aliphatic rings. The van der Waals surface area contributed by atoms with Gasteiger partial charge in [0.1, 0.15) is 11.6 Å². The summed E-state index contributed by atoms with van der Waals surface area (Å²) in [6.07, 6.45) is 0.838. The van der Waals surface area contributed by atoms with Crippen molar-refractivity contribution >= 4 is 28.4 Å². The molecule has 0 saturated heterocycles. The number of hydrogen-bond acceptors (Lipinski definition) is 3. The Morgan fingerprint density at radius 2 is 1.81 bits per heavy atom. The number of hydrogen-bond donors (Lipinski definition) is 1. The lowest BCUT2D eigenvalue weighted by Crippen LogP contribution is -2.18. The minimum absolute atomic E-state index is 0.100. The average Bonchev–Trinajstić information content (AvgIpc) is 3.17. The van der Waals surface area contributed by atoms with Crippen LogP contribution in [0.4, 0.5) is 15.9 Å². The van der Waals surface area contributed by atoms with E-state index in [4.69, 9.17) is 4.98 Å². The number of pyridine rings is 1. The van der Waals surface area contributed by atoms with E-state index in [1.807, 2.05) is 18.2 Å². The Bertz CT molecular complexity index is 1360. The topological polar surface area (TPSA) is 53.4 Å². The van der Waals surface area contributed by atoms with E-state index in [-0.39, 0.29) is 5.56 Å². The van der Waals surface area contributed by atoms with Crippen molar-refractivity contribution in [3.05, 3.63) is 88.7 Å². The van der Waals surface area contributed by atoms with Crippen LogP contribution in [0, 0.1) is 19.7 Å². The monoisotopic (exact) mass is 412 g/mol. The highest BCUT2D eigenvalue weighted by Gasteiger charge is 2.28. The van der Waals surface area contributed by atoms with E-state index in [1.54, 1.807) is 13.0 Å². The Morgan fingerprint density at radius 1 is 1.03 bits per heavy atom. The van der Waals surface area contributed by atoms with Gasteiger partial charge in [-0.05, 0) is 66.8 Å². The first-order chi connectivity index (χ1) is 15.0. The lowest BCUT2D eigenvalue weighted by Gasteiger charge is -2.23. The normalized spacial score (nSPS) is 12.9. The standard InChI is InChI=1S/C26H21FN2O2/c1-15-6-3-4-7-18(15)19-8-5-9-23-20(19)12-13-29(23)25-16(2)24(26(30)31)21-14-17(27)10-11-22(21)28-25/h3-11,14H,12-13H2,1-2H3,(H,30,31). The lowest BCUT2D eigenvalue weighted by atomic mass is 9.95. The predicted molar refractivity (Wildman–Crippen MR) is 121 cm³/mol. The molecule has 0 radical (unpaired) electrons. The summed E-state index contributed by atoms with van der Waals surface area (Å²) in [6.45, 7) is 4.56. The van der Waals surface area contributed by atoms with Crippen LogP contribution in [0.3, 0.4) is 0 Å². The number of rotatable bonds is 3. The average molecular weight is 412 g/mol. The highest BCUT2D eigenvalue weighted by Crippen LogP contribution is 2.42. The molecule has 4 aromatic rings. The Morgan fingerprint density at radius 3 is 2.58 bits per heavy atom. The number of carbonyl (C=O) groups is 1. The first-order valence-corrected chi connectivity index (χ1v) is 10.2. The third-order valence-electron chi connectivity index (χ3n) is 6.10. The summed E-state index contributed by atoms with van der Waals surface area (Å²) in [5.41, 5.74) is 6.99. The molecular formula is C26H21FN2O2. The van der Waals surface area contributed by atoms with Crippen molar-refractivity contribution in [1.29, 1.82) is 0 Å². The summed E-state index contributed by atoms with van der Waals surface area (Å²) >= 11 is 0. The van der Waals surface area contributed by atoms with Gasteiger partial charge in [-0.2, -0.15) is 0 Å². The Balaban J connectivity index is 1.71. The Labute approximate surface area is 179 Å². The highest BCUT2D eigenvalue weighted by atomic mass is 19.1. The van der Waals surface area contributed by atoms with Gasteiger partial charge in [0.25, 0.3) is 0 Å². The van der Waals surface area contributed by atoms with Crippen LogP contribution >= 0.6 is 0 Å². The molecule has 0 aliphatic carbocycles. The Hall–Kier alpha value is -3.73. The third kappa shape index (κ3) is 3.05. The van der Waals surface area contributed by atoms with E-state index < -0.39 is 11.8 Å². The van der Waals surface area contributed by atoms with Gasteiger partial charge in [0.15, 0.2) is 0 Å². The van der Waals surface area contributed by atoms with Crippen LogP contribution in [0.5, 0.6) is 0 Å². The maximum Gasteiger partial charge on any atom is 0.336 e. The quantitative estimate of drug-likeness (QED) is 0.445. The van der Waals surface area contributed by atoms with Gasteiger partial charge in [0.2, 0.25) is 0 Å². The molecule has 5 heteroatoms. The molecule has 4 nitrogen and oxygen atoms in total. The molecule has 3 aromatic carbocycles. The molecule has 0 amide bonds. The first kappa shape index (κ1) is 19.2. The third-order valence-corrected chi connectivity index (χ3v) is 6.10. The van der Waals surface area contributed by atoms with Crippen LogP contribution in [0.25, 0.3) is 22.0 Å². The van der Waals surface area contributed by atoms with Crippen molar-refractivity contribution in [2.24, 2.45) is 0 Å². The molecule has 0 atom stereocenters. The van der Waals surface area contributed by atoms with E-state index in [1.165, 1.54) is 34.4 Å². The van der Waals surface area contributed by atoms with Crippen LogP contribution in [0.2, 0.25) is 0 Å². The zero-order valence-electron chi connectivity index (χ0n) is 17.3. The fraction of sp³-hybridized carbons (Fsp3) is 0.154. The molecule has 1 N–H and O–H groups in total. The summed E-state index contributed by atoms with van der Waals surface area (Å²) < 4.78 is 13.8. The van der Waals surface area contributed by atoms with Crippen molar-refractivity contribution < 1.29 is 14.3 Å². The van der Waals surface area contributed by atoms with Crippen LogP contribution in [0.15, 0.2) is 60.7 Å². The second-order valence-electron chi connectivity index (χ2n) is 7.92. The van der Waals surface area contributed by atoms with Crippen LogP contribution in [-0.4, -0.2) is 22.6 Å². The number of fused-ring (bicyclic) bond motifs is 2. The van der Waals surface area contributed by atoms with Crippen molar-refractivity contribution in [3.63, 3.8) is 0 Å². The number of carboxylic acid groups (broad SMARTS) is 1. The number of benzene rings is 3. The molecule has 1 aliphatic heterocycles. The van der Waals surface area contributed by atoms with Crippen LogP contribution in [0.1, 0.15) is 27.0 Å². The molecule has 0 fully saturated rings. The van der Waals surface area contributed by atoms with E-state index >= 15 is 0 Å². The zero-order valence-corrected chi connectivity index (χ0v) is 17.3. The maximum atomic E-state index is 13.8. The van der Waals surface area contributed by atoms with Crippen molar-refractivity contribution in [3.8, 4) is 11.1 Å². The maximum absolute atomic E-state index is 13.8. The Kier molecular flexibility index (Phi) is 4.47. The van der Waals surface area contributed by atoms with Crippen molar-refractivity contribution in [2.75, 3.05) is 11.4 Å². The molecule has 2 heterocycles. The number of anilines is 2. The minimum atomic E-state index is -1.08. The van der Waals surface area contributed by atoms with Crippen molar-refractivity contribution in [2.45, 2.75) is 20.3 Å². The van der Waals surface area contributed by atoms with Gasteiger partial charge in [0, 0.05) is 23.2 Å². The smallest absolute Gasteiger partial charge is 0.336 e. The van der Waals surface area contributed by atoms with Gasteiger partial charge >= 0.3 is 5.97 Å². The summed E-state index contributed by atoms with van der Waals surface area (Å²) in [4.78, 5) is 18.9. The van der Waals surface area contributed by atoms with E-state index in [2.05, 4.69) is 36.1 Å². The number of aromatic carboxylic acids is 1. The van der Waals surface area contributed by atoms with E-state index in [0.29, 0.717) is 28.8 Å². The largest absolute Gasteiger partial charge is 0.478 e. The molecule has 154 valence electrons. The molecule has 1 aromatic heterocycles. The number of nitrogens with zero attached hydrogens (tertiary/aromatic N) is 2. The number of aromatic nitrogens is 1. The molecule has 0 saturated carbocycles. The minimum Gasteiger partial charge on any atom is -0.478 e. The highest BCUT2D eigenvalue weighted by molar-refractivity contribution is 6.05. The van der Waals surface area contributed by atoms with Gasteiger partial charge in [0.05, 0.1) is 11.1 Å². The molecule has 0 spiro atoms. The van der Waals surface area contributed by atoms with Gasteiger partial charge < -0.3 is 10.0 Å². The van der Waals surface area contributed by atoms with Gasteiger partial charge in [-0.25, -0.2) is 14.2 Å². The summed E-state index contributed by atoms with van der Waals surface area (Å²) in [5, 5.41) is 10.2.